The Labute approximate surface area is 127 Å². The van der Waals surface area contributed by atoms with Gasteiger partial charge in [-0.2, -0.15) is 0 Å². The zero-order chi connectivity index (χ0) is 14.2. The van der Waals surface area contributed by atoms with Crippen molar-refractivity contribution < 1.29 is 4.79 Å². The summed E-state index contributed by atoms with van der Waals surface area (Å²) in [6.07, 6.45) is 0. The third-order valence-corrected chi connectivity index (χ3v) is 6.50. The van der Waals surface area contributed by atoms with E-state index in [2.05, 4.69) is 19.6 Å². The van der Waals surface area contributed by atoms with Gasteiger partial charge < -0.3 is 5.73 Å². The first kappa shape index (κ1) is 16.3. The molecule has 0 heterocycles. The number of rotatable bonds is 3. The van der Waals surface area contributed by atoms with E-state index in [1.165, 1.54) is 0 Å². The predicted octanol–water partition coefficient (Wildman–Crippen LogP) is 3.99. The van der Waals surface area contributed by atoms with Crippen molar-refractivity contribution in [2.24, 2.45) is 5.73 Å². The van der Waals surface area contributed by atoms with Crippen LogP contribution in [0.3, 0.4) is 0 Å². The van der Waals surface area contributed by atoms with E-state index in [9.17, 15) is 4.79 Å². The molecule has 0 aliphatic carbocycles. The Bertz CT molecular complexity index is 482. The molecule has 1 aromatic rings. The molecule has 0 saturated heterocycles. The van der Waals surface area contributed by atoms with Gasteiger partial charge in [-0.1, -0.05) is 66.0 Å². The summed E-state index contributed by atoms with van der Waals surface area (Å²) in [5, 5.41) is 1.65. The third kappa shape index (κ3) is 2.87. The van der Waals surface area contributed by atoms with Crippen LogP contribution < -0.4 is 10.9 Å². The highest BCUT2D eigenvalue weighted by molar-refractivity contribution is 6.92. The van der Waals surface area contributed by atoms with Crippen LogP contribution in [0, 0.1) is 0 Å². The van der Waals surface area contributed by atoms with Crippen LogP contribution in [0.1, 0.15) is 10.4 Å². The number of halogens is 4. The molecule has 0 radical (unpaired) electrons. The molecule has 0 aliphatic heterocycles. The average molecular weight is 345 g/mol. The molecular formula is C11H13Cl4NOSi. The summed E-state index contributed by atoms with van der Waals surface area (Å²) in [5.41, 5.74) is 5.43. The van der Waals surface area contributed by atoms with E-state index in [0.717, 1.165) is 5.19 Å². The summed E-state index contributed by atoms with van der Waals surface area (Å²) in [6.45, 7) is 6.00. The van der Waals surface area contributed by atoms with Gasteiger partial charge >= 0.3 is 0 Å². The third-order valence-electron chi connectivity index (χ3n) is 2.48. The SMILES string of the molecule is C[Si](C)(C)c1c(Cl)c(Cl)c(C(=O)CN)c(Cl)c1Cl. The first-order valence-corrected chi connectivity index (χ1v) is 10.2. The normalized spacial score (nSPS) is 11.8. The molecule has 0 amide bonds. The highest BCUT2D eigenvalue weighted by Gasteiger charge is 2.30. The van der Waals surface area contributed by atoms with Crippen LogP contribution in [0.25, 0.3) is 0 Å². The molecule has 0 aliphatic rings. The first-order valence-electron chi connectivity index (χ1n) is 5.22. The summed E-state index contributed by atoms with van der Waals surface area (Å²) in [4.78, 5) is 11.7. The second-order valence-corrected chi connectivity index (χ2v) is 11.4. The summed E-state index contributed by atoms with van der Waals surface area (Å²) >= 11 is 24.7. The van der Waals surface area contributed by atoms with E-state index in [4.69, 9.17) is 52.1 Å². The lowest BCUT2D eigenvalue weighted by atomic mass is 10.1. The van der Waals surface area contributed by atoms with E-state index in [1.54, 1.807) is 0 Å². The fourth-order valence-corrected chi connectivity index (χ4v) is 6.13. The Balaban J connectivity index is 3.72. The Kier molecular flexibility index (Phi) is 5.15. The van der Waals surface area contributed by atoms with Crippen LogP contribution in [-0.4, -0.2) is 20.4 Å². The highest BCUT2D eigenvalue weighted by atomic mass is 35.5. The second-order valence-electron chi connectivity index (χ2n) is 4.88. The van der Waals surface area contributed by atoms with Crippen LogP contribution in [0.2, 0.25) is 39.7 Å². The fourth-order valence-electron chi connectivity index (χ4n) is 1.64. The number of ketones is 1. The molecule has 0 spiro atoms. The van der Waals surface area contributed by atoms with Crippen molar-refractivity contribution in [1.29, 1.82) is 0 Å². The molecule has 0 fully saturated rings. The van der Waals surface area contributed by atoms with Crippen LogP contribution in [0.4, 0.5) is 0 Å². The van der Waals surface area contributed by atoms with Gasteiger partial charge in [0, 0.05) is 0 Å². The fraction of sp³-hybridized carbons (Fsp3) is 0.364. The summed E-state index contributed by atoms with van der Waals surface area (Å²) < 4.78 is 0. The molecular weight excluding hydrogens is 332 g/mol. The number of benzene rings is 1. The van der Waals surface area contributed by atoms with Crippen molar-refractivity contribution >= 4 is 65.4 Å². The minimum Gasteiger partial charge on any atom is -0.324 e. The van der Waals surface area contributed by atoms with E-state index in [-0.39, 0.29) is 27.9 Å². The topological polar surface area (TPSA) is 43.1 Å². The van der Waals surface area contributed by atoms with E-state index >= 15 is 0 Å². The van der Waals surface area contributed by atoms with Crippen molar-refractivity contribution in [2.45, 2.75) is 19.6 Å². The molecule has 1 rings (SSSR count). The standard InChI is InChI=1S/C11H13Cl4NOSi/c1-18(2,3)11-9(14)7(12)6(5(17)4-16)8(13)10(11)15/h4,16H2,1-3H3. The Hall–Kier alpha value is 0.227. The smallest absolute Gasteiger partial charge is 0.179 e. The maximum absolute atomic E-state index is 11.7. The zero-order valence-electron chi connectivity index (χ0n) is 10.2. The summed E-state index contributed by atoms with van der Waals surface area (Å²) in [6, 6.07) is 0. The number of carbonyl (C=O) groups excluding carboxylic acids is 1. The average Bonchev–Trinajstić information content (AvgIpc) is 2.24. The van der Waals surface area contributed by atoms with Crippen molar-refractivity contribution in [3.8, 4) is 0 Å². The number of carbonyl (C=O) groups is 1. The lowest BCUT2D eigenvalue weighted by molar-refractivity contribution is 0.100. The van der Waals surface area contributed by atoms with Gasteiger partial charge in [0.15, 0.2) is 5.78 Å². The van der Waals surface area contributed by atoms with E-state index < -0.39 is 8.07 Å². The van der Waals surface area contributed by atoms with Gasteiger partial charge in [-0.05, 0) is 5.19 Å². The molecule has 0 unspecified atom stereocenters. The number of nitrogens with two attached hydrogens (primary N) is 1. The highest BCUT2D eigenvalue weighted by Crippen LogP contribution is 2.37. The number of Topliss-reactive ketones (excluding diaryl/α,β-unsaturated/α-hetero) is 1. The molecule has 2 nitrogen and oxygen atoms in total. The van der Waals surface area contributed by atoms with Crippen LogP contribution in [-0.2, 0) is 0 Å². The van der Waals surface area contributed by atoms with Crippen molar-refractivity contribution in [2.75, 3.05) is 6.54 Å². The van der Waals surface area contributed by atoms with Crippen LogP contribution in [0.5, 0.6) is 0 Å². The van der Waals surface area contributed by atoms with Crippen LogP contribution in [0.15, 0.2) is 0 Å². The van der Waals surface area contributed by atoms with Crippen molar-refractivity contribution in [1.82, 2.24) is 0 Å². The predicted molar refractivity (Wildman–Crippen MR) is 82.8 cm³/mol. The monoisotopic (exact) mass is 343 g/mol. The van der Waals surface area contributed by atoms with Gasteiger partial charge in [-0.25, -0.2) is 0 Å². The summed E-state index contributed by atoms with van der Waals surface area (Å²) in [7, 11) is -1.83. The van der Waals surface area contributed by atoms with Gasteiger partial charge in [-0.3, -0.25) is 4.79 Å². The first-order chi connectivity index (χ1) is 8.12. The Morgan fingerprint density at radius 3 is 1.67 bits per heavy atom. The number of hydrogen-bond donors (Lipinski definition) is 1. The molecule has 7 heteroatoms. The molecule has 0 aromatic heterocycles. The minimum absolute atomic E-state index is 0.109. The second kappa shape index (κ2) is 5.69. The minimum atomic E-state index is -1.83. The molecule has 100 valence electrons. The quantitative estimate of drug-likeness (QED) is 0.511. The molecule has 1 aromatic carbocycles. The Morgan fingerprint density at radius 2 is 1.39 bits per heavy atom. The lowest BCUT2D eigenvalue weighted by Gasteiger charge is -2.23. The molecule has 0 bridgehead atoms. The van der Waals surface area contributed by atoms with Gasteiger partial charge in [0.05, 0.1) is 40.3 Å². The maximum Gasteiger partial charge on any atom is 0.179 e. The zero-order valence-corrected chi connectivity index (χ0v) is 14.2. The van der Waals surface area contributed by atoms with Crippen molar-refractivity contribution in [3.63, 3.8) is 0 Å². The molecule has 0 atom stereocenters. The van der Waals surface area contributed by atoms with E-state index in [1.807, 2.05) is 0 Å². The van der Waals surface area contributed by atoms with Gasteiger partial charge in [0.2, 0.25) is 0 Å². The van der Waals surface area contributed by atoms with E-state index in [0.29, 0.717) is 10.0 Å². The molecule has 0 saturated carbocycles. The lowest BCUT2D eigenvalue weighted by Crippen LogP contribution is -2.40. The van der Waals surface area contributed by atoms with Crippen LogP contribution >= 0.6 is 46.4 Å². The Morgan fingerprint density at radius 1 is 1.00 bits per heavy atom. The van der Waals surface area contributed by atoms with Gasteiger partial charge in [-0.15, -0.1) is 0 Å². The van der Waals surface area contributed by atoms with Crippen molar-refractivity contribution in [3.05, 3.63) is 25.7 Å². The largest absolute Gasteiger partial charge is 0.324 e. The van der Waals surface area contributed by atoms with Gasteiger partial charge in [0.1, 0.15) is 0 Å². The molecule has 2 N–H and O–H groups in total. The van der Waals surface area contributed by atoms with Gasteiger partial charge in [0.25, 0.3) is 0 Å². The molecule has 18 heavy (non-hydrogen) atoms. The maximum atomic E-state index is 11.7. The summed E-state index contributed by atoms with van der Waals surface area (Å²) in [5.74, 6) is -0.379. The number of hydrogen-bond acceptors (Lipinski definition) is 2.